The molecule has 0 bridgehead atoms. The van der Waals surface area contributed by atoms with Gasteiger partial charge in [-0.3, -0.25) is 5.32 Å². The highest BCUT2D eigenvalue weighted by Gasteiger charge is 2.36. The van der Waals surface area contributed by atoms with Crippen molar-refractivity contribution in [2.24, 2.45) is 4.99 Å². The van der Waals surface area contributed by atoms with E-state index >= 15 is 0 Å². The van der Waals surface area contributed by atoms with Gasteiger partial charge in [0.25, 0.3) is 0 Å². The Hall–Kier alpha value is -6.27. The number of rotatable bonds is 5. The highest BCUT2D eigenvalue weighted by atomic mass is 32.1. The van der Waals surface area contributed by atoms with Crippen LogP contribution in [0.15, 0.2) is 173 Å². The fourth-order valence-electron chi connectivity index (χ4n) is 8.50. The van der Waals surface area contributed by atoms with Gasteiger partial charge in [-0.05, 0) is 75.4 Å². The lowest BCUT2D eigenvalue weighted by molar-refractivity contribution is 0.344. The first-order valence-electron chi connectivity index (χ1n) is 18.6. The summed E-state index contributed by atoms with van der Waals surface area (Å²) in [5.41, 5.74) is 9.14. The molecule has 1 aliphatic heterocycles. The molecule has 2 N–H and O–H groups in total. The van der Waals surface area contributed by atoms with E-state index in [1.165, 1.54) is 64.1 Å². The Balaban J connectivity index is 1.02. The van der Waals surface area contributed by atoms with Crippen LogP contribution in [0.4, 0.5) is 0 Å². The summed E-state index contributed by atoms with van der Waals surface area (Å²) in [4.78, 5) is 5.35. The van der Waals surface area contributed by atoms with E-state index in [9.17, 15) is 0 Å². The van der Waals surface area contributed by atoms with Crippen LogP contribution in [0.5, 0.6) is 0 Å². The van der Waals surface area contributed by atoms with Gasteiger partial charge in [0, 0.05) is 42.6 Å². The van der Waals surface area contributed by atoms with Crippen LogP contribution in [0, 0.1) is 0 Å². The summed E-state index contributed by atoms with van der Waals surface area (Å²) in [7, 11) is 0. The molecule has 4 nitrogen and oxygen atoms in total. The molecule has 5 heteroatoms. The van der Waals surface area contributed by atoms with Crippen LogP contribution < -0.4 is 10.6 Å². The predicted octanol–water partition coefficient (Wildman–Crippen LogP) is 12.5. The third-order valence-electron chi connectivity index (χ3n) is 11.1. The minimum atomic E-state index is -0.244. The van der Waals surface area contributed by atoms with E-state index in [-0.39, 0.29) is 18.2 Å². The monoisotopic (exact) mass is 713 g/mol. The van der Waals surface area contributed by atoms with Gasteiger partial charge in [-0.15, -0.1) is 11.3 Å². The highest BCUT2D eigenvalue weighted by Crippen LogP contribution is 2.45. The maximum atomic E-state index is 6.67. The molecule has 0 saturated carbocycles. The van der Waals surface area contributed by atoms with E-state index in [0.29, 0.717) is 0 Å². The number of furan rings is 1. The fraction of sp³-hybridized carbons (Fsp3) is 0.0816. The van der Waals surface area contributed by atoms with Gasteiger partial charge in [0.15, 0.2) is 0 Å². The molecular weight excluding hydrogens is 679 g/mol. The lowest BCUT2D eigenvalue weighted by Gasteiger charge is -2.37. The van der Waals surface area contributed by atoms with Crippen LogP contribution in [-0.4, -0.2) is 12.0 Å². The van der Waals surface area contributed by atoms with Crippen LogP contribution in [0.25, 0.3) is 70.2 Å². The van der Waals surface area contributed by atoms with Crippen molar-refractivity contribution in [1.82, 2.24) is 10.6 Å². The fourth-order valence-corrected chi connectivity index (χ4v) is 9.64. The van der Waals surface area contributed by atoms with Gasteiger partial charge in [-0.2, -0.15) is 0 Å². The summed E-state index contributed by atoms with van der Waals surface area (Å²) in [6.45, 7) is 0. The smallest absolute Gasteiger partial charge is 0.135 e. The molecule has 9 aromatic rings. The predicted molar refractivity (Wildman–Crippen MR) is 226 cm³/mol. The molecule has 0 spiro atoms. The van der Waals surface area contributed by atoms with Crippen LogP contribution in [-0.2, 0) is 0 Å². The molecule has 11 rings (SSSR count). The molecule has 7 aromatic carbocycles. The van der Waals surface area contributed by atoms with Crippen molar-refractivity contribution in [3.05, 3.63) is 186 Å². The Kier molecular flexibility index (Phi) is 7.35. The number of hydrogen-bond donors (Lipinski definition) is 2. The maximum Gasteiger partial charge on any atom is 0.135 e. The zero-order chi connectivity index (χ0) is 35.6. The number of thiophene rings is 1. The van der Waals surface area contributed by atoms with Gasteiger partial charge in [-0.1, -0.05) is 140 Å². The van der Waals surface area contributed by atoms with E-state index in [0.717, 1.165) is 34.7 Å². The molecule has 0 radical (unpaired) electrons. The molecule has 3 unspecified atom stereocenters. The quantitative estimate of drug-likeness (QED) is 0.187. The van der Waals surface area contributed by atoms with Crippen molar-refractivity contribution in [2.75, 3.05) is 0 Å². The average molecular weight is 714 g/mol. The molecule has 2 aromatic heterocycles. The SMILES string of the molecule is C1=Cc2oc3cccc(-c4ccc5c(c4)sc4ccccc45)c3c2C(C2NC(c3ccc(-c4ccccc4)cc3)=NC(c3ccc4ccccc4c3)N2)C1. The Morgan fingerprint density at radius 1 is 0.611 bits per heavy atom. The van der Waals surface area contributed by atoms with Crippen LogP contribution >= 0.6 is 11.3 Å². The molecule has 258 valence electrons. The van der Waals surface area contributed by atoms with Crippen molar-refractivity contribution in [3.8, 4) is 22.3 Å². The van der Waals surface area contributed by atoms with E-state index in [2.05, 4.69) is 181 Å². The Morgan fingerprint density at radius 2 is 1.37 bits per heavy atom. The van der Waals surface area contributed by atoms with E-state index in [4.69, 9.17) is 9.41 Å². The molecule has 3 heterocycles. The molecular formula is C49H35N3OS. The number of nitrogens with zero attached hydrogens (tertiary/aromatic N) is 1. The zero-order valence-electron chi connectivity index (χ0n) is 29.4. The molecule has 0 saturated heterocycles. The summed E-state index contributed by atoms with van der Waals surface area (Å²) in [6.07, 6.45) is 4.91. The minimum absolute atomic E-state index is 0.0810. The summed E-state index contributed by atoms with van der Waals surface area (Å²) < 4.78 is 9.28. The van der Waals surface area contributed by atoms with Gasteiger partial charge in [-0.25, -0.2) is 4.99 Å². The molecule has 54 heavy (non-hydrogen) atoms. The number of nitrogens with one attached hydrogen (secondary N) is 2. The van der Waals surface area contributed by atoms with Gasteiger partial charge >= 0.3 is 0 Å². The van der Waals surface area contributed by atoms with Gasteiger partial charge in [0.05, 0.1) is 6.17 Å². The number of amidine groups is 1. The van der Waals surface area contributed by atoms with E-state index in [1.54, 1.807) is 0 Å². The number of aliphatic imine (C=N–C) groups is 1. The summed E-state index contributed by atoms with van der Waals surface area (Å²) in [6, 6.07) is 56.6. The van der Waals surface area contributed by atoms with Crippen LogP contribution in [0.2, 0.25) is 0 Å². The second-order valence-corrected chi connectivity index (χ2v) is 15.4. The normalized spacial score (nSPS) is 18.2. The molecule has 0 fully saturated rings. The standard InChI is InChI=1S/C49H35N3OS/c1-2-10-30(11-3-1)32-20-23-33(24-21-32)47-50-48(36-25-22-31-12-4-5-13-34(31)28-36)52-49(51-47)40-16-9-18-42-46(40)45-37(15-8-17-41(45)53-42)35-26-27-39-38-14-6-7-19-43(38)54-44(39)29-35/h1-15,17-29,40,48-49,52H,16H2,(H,50,51). The largest absolute Gasteiger partial charge is 0.456 e. The lowest BCUT2D eigenvalue weighted by atomic mass is 9.84. The lowest BCUT2D eigenvalue weighted by Crippen LogP contribution is -2.54. The molecule has 3 atom stereocenters. The second kappa shape index (κ2) is 12.7. The van der Waals surface area contributed by atoms with Crippen molar-refractivity contribution >= 4 is 65.2 Å². The van der Waals surface area contributed by atoms with Gasteiger partial charge in [0.2, 0.25) is 0 Å². The van der Waals surface area contributed by atoms with E-state index in [1.807, 2.05) is 11.3 Å². The Bertz CT molecular complexity index is 2940. The molecule has 2 aliphatic rings. The highest BCUT2D eigenvalue weighted by molar-refractivity contribution is 7.25. The number of allylic oxidation sites excluding steroid dienone is 1. The molecule has 0 amide bonds. The van der Waals surface area contributed by atoms with E-state index < -0.39 is 0 Å². The van der Waals surface area contributed by atoms with Gasteiger partial charge in [0.1, 0.15) is 23.3 Å². The van der Waals surface area contributed by atoms with Crippen molar-refractivity contribution in [3.63, 3.8) is 0 Å². The minimum Gasteiger partial charge on any atom is -0.456 e. The number of fused-ring (bicyclic) bond motifs is 7. The van der Waals surface area contributed by atoms with Gasteiger partial charge < -0.3 is 9.73 Å². The summed E-state index contributed by atoms with van der Waals surface area (Å²) in [5, 5.41) is 14.1. The van der Waals surface area contributed by atoms with Crippen molar-refractivity contribution in [1.29, 1.82) is 0 Å². The third-order valence-corrected chi connectivity index (χ3v) is 12.3. The van der Waals surface area contributed by atoms with Crippen LogP contribution in [0.3, 0.4) is 0 Å². The summed E-state index contributed by atoms with van der Waals surface area (Å²) in [5.74, 6) is 1.90. The third kappa shape index (κ3) is 5.27. The molecule has 1 aliphatic carbocycles. The maximum absolute atomic E-state index is 6.67. The number of benzene rings is 7. The second-order valence-electron chi connectivity index (χ2n) is 14.3. The van der Waals surface area contributed by atoms with Crippen molar-refractivity contribution < 1.29 is 4.42 Å². The average Bonchev–Trinajstić information content (AvgIpc) is 3.82. The topological polar surface area (TPSA) is 49.6 Å². The first-order valence-corrected chi connectivity index (χ1v) is 19.4. The summed E-state index contributed by atoms with van der Waals surface area (Å²) >= 11 is 1.86. The first-order chi connectivity index (χ1) is 26.7. The Morgan fingerprint density at radius 3 is 2.28 bits per heavy atom. The zero-order valence-corrected chi connectivity index (χ0v) is 30.2. The Labute approximate surface area is 317 Å². The number of hydrogen-bond acceptors (Lipinski definition) is 5. The van der Waals surface area contributed by atoms with Crippen molar-refractivity contribution in [2.45, 2.75) is 24.7 Å². The van der Waals surface area contributed by atoms with Crippen LogP contribution in [0.1, 0.15) is 41.0 Å². The first kappa shape index (κ1) is 31.3.